The van der Waals surface area contributed by atoms with Gasteiger partial charge in [-0.05, 0) is 37.1 Å². The summed E-state index contributed by atoms with van der Waals surface area (Å²) in [6.45, 7) is 2.13. The van der Waals surface area contributed by atoms with Crippen molar-refractivity contribution in [3.05, 3.63) is 48.3 Å². The summed E-state index contributed by atoms with van der Waals surface area (Å²) in [4.78, 5) is 20.6. The number of piperidine rings is 1. The van der Waals surface area contributed by atoms with E-state index in [2.05, 4.69) is 15.3 Å². The third kappa shape index (κ3) is 4.74. The molecule has 3 aromatic rings. The number of hydrogen-bond acceptors (Lipinski definition) is 6. The zero-order valence-electron chi connectivity index (χ0n) is 18.8. The van der Waals surface area contributed by atoms with Gasteiger partial charge < -0.3 is 19.8 Å². The first-order valence-corrected chi connectivity index (χ1v) is 13.1. The molecule has 1 amide bonds. The van der Waals surface area contributed by atoms with E-state index >= 15 is 0 Å². The molecular formula is C24H28N4O5S. The molecule has 0 unspecified atom stereocenters. The summed E-state index contributed by atoms with van der Waals surface area (Å²) in [5, 5.41) is 2.97. The highest BCUT2D eigenvalue weighted by molar-refractivity contribution is 7.89. The Morgan fingerprint density at radius 1 is 1.09 bits per heavy atom. The molecule has 2 aliphatic heterocycles. The van der Waals surface area contributed by atoms with Crippen molar-refractivity contribution in [2.75, 3.05) is 32.8 Å². The SMILES string of the molecule is O=C(NCCc1nc2ccccc2[nH]1)C1CCN(S(=O)(=O)c2ccc3c(c2)OCCCO3)CC1. The number of amides is 1. The van der Waals surface area contributed by atoms with Crippen molar-refractivity contribution in [3.63, 3.8) is 0 Å². The van der Waals surface area contributed by atoms with Crippen molar-refractivity contribution in [1.82, 2.24) is 19.6 Å². The Morgan fingerprint density at radius 2 is 1.85 bits per heavy atom. The van der Waals surface area contributed by atoms with Crippen LogP contribution in [-0.2, 0) is 21.2 Å². The lowest BCUT2D eigenvalue weighted by Crippen LogP contribution is -2.43. The molecule has 2 aliphatic rings. The monoisotopic (exact) mass is 484 g/mol. The highest BCUT2D eigenvalue weighted by Gasteiger charge is 2.32. The minimum absolute atomic E-state index is 0.0382. The molecule has 0 atom stereocenters. The third-order valence-electron chi connectivity index (χ3n) is 6.28. The van der Waals surface area contributed by atoms with Gasteiger partial charge in [-0.2, -0.15) is 4.31 Å². The van der Waals surface area contributed by atoms with Crippen molar-refractivity contribution < 1.29 is 22.7 Å². The molecule has 180 valence electrons. The third-order valence-corrected chi connectivity index (χ3v) is 8.18. The highest BCUT2D eigenvalue weighted by Crippen LogP contribution is 2.33. The number of nitrogens with zero attached hydrogens (tertiary/aromatic N) is 2. The summed E-state index contributed by atoms with van der Waals surface area (Å²) >= 11 is 0. The van der Waals surface area contributed by atoms with E-state index in [1.807, 2.05) is 24.3 Å². The van der Waals surface area contributed by atoms with Crippen molar-refractivity contribution >= 4 is 27.0 Å². The predicted octanol–water partition coefficient (Wildman–Crippen LogP) is 2.48. The molecule has 0 radical (unpaired) electrons. The van der Waals surface area contributed by atoms with Crippen molar-refractivity contribution in [3.8, 4) is 11.5 Å². The second-order valence-corrected chi connectivity index (χ2v) is 10.5. The van der Waals surface area contributed by atoms with Crippen molar-refractivity contribution in [1.29, 1.82) is 0 Å². The van der Waals surface area contributed by atoms with Gasteiger partial charge in [0.2, 0.25) is 15.9 Å². The van der Waals surface area contributed by atoms with Gasteiger partial charge in [-0.15, -0.1) is 0 Å². The molecule has 1 fully saturated rings. The van der Waals surface area contributed by atoms with Gasteiger partial charge in [0.15, 0.2) is 11.5 Å². The van der Waals surface area contributed by atoms with Crippen molar-refractivity contribution in [2.24, 2.45) is 5.92 Å². The van der Waals surface area contributed by atoms with Gasteiger partial charge >= 0.3 is 0 Å². The molecule has 5 rings (SSSR count). The van der Waals surface area contributed by atoms with Crippen LogP contribution in [0.2, 0.25) is 0 Å². The maximum Gasteiger partial charge on any atom is 0.243 e. The molecule has 0 aliphatic carbocycles. The second-order valence-electron chi connectivity index (χ2n) is 8.58. The number of fused-ring (bicyclic) bond motifs is 2. The highest BCUT2D eigenvalue weighted by atomic mass is 32.2. The molecule has 34 heavy (non-hydrogen) atoms. The second kappa shape index (κ2) is 9.63. The van der Waals surface area contributed by atoms with Crippen LogP contribution < -0.4 is 14.8 Å². The van der Waals surface area contributed by atoms with Crippen LogP contribution in [0, 0.1) is 5.92 Å². The summed E-state index contributed by atoms with van der Waals surface area (Å²) < 4.78 is 39.0. The first kappa shape index (κ1) is 22.7. The molecule has 3 heterocycles. The lowest BCUT2D eigenvalue weighted by Gasteiger charge is -2.30. The zero-order chi connectivity index (χ0) is 23.5. The van der Waals surface area contributed by atoms with Crippen molar-refractivity contribution in [2.45, 2.75) is 30.6 Å². The Hall–Kier alpha value is -3.11. The number of para-hydroxylation sites is 2. The standard InChI is InChI=1S/C24H28N4O5S/c29-24(25-11-8-23-26-19-4-1-2-5-20(19)27-23)17-9-12-28(13-10-17)34(30,31)18-6-7-21-22(16-18)33-15-3-14-32-21/h1-2,4-7,16-17H,3,8-15H2,(H,25,29)(H,26,27). The van der Waals surface area contributed by atoms with E-state index in [9.17, 15) is 13.2 Å². The summed E-state index contributed by atoms with van der Waals surface area (Å²) in [7, 11) is -3.67. The molecule has 2 aromatic carbocycles. The van der Waals surface area contributed by atoms with E-state index in [1.54, 1.807) is 12.1 Å². The average molecular weight is 485 g/mol. The summed E-state index contributed by atoms with van der Waals surface area (Å²) in [6, 6.07) is 12.5. The number of carbonyl (C=O) groups is 1. The number of aromatic nitrogens is 2. The zero-order valence-corrected chi connectivity index (χ0v) is 19.6. The van der Waals surface area contributed by atoms with Gasteiger partial charge in [-0.25, -0.2) is 13.4 Å². The molecule has 0 spiro atoms. The van der Waals surface area contributed by atoms with Gasteiger partial charge in [0, 0.05) is 44.5 Å². The molecule has 1 aromatic heterocycles. The number of benzene rings is 2. The van der Waals surface area contributed by atoms with Gasteiger partial charge in [-0.1, -0.05) is 12.1 Å². The number of sulfonamides is 1. The predicted molar refractivity (Wildman–Crippen MR) is 126 cm³/mol. The fraction of sp³-hybridized carbons (Fsp3) is 0.417. The van der Waals surface area contributed by atoms with E-state index in [0.29, 0.717) is 63.6 Å². The topological polar surface area (TPSA) is 114 Å². The largest absolute Gasteiger partial charge is 0.490 e. The Balaban J connectivity index is 1.14. The Morgan fingerprint density at radius 3 is 2.65 bits per heavy atom. The van der Waals surface area contributed by atoms with Crippen LogP contribution in [0.5, 0.6) is 11.5 Å². The maximum atomic E-state index is 13.2. The molecule has 9 nitrogen and oxygen atoms in total. The summed E-state index contributed by atoms with van der Waals surface area (Å²) in [5.74, 6) is 1.61. The molecular weight excluding hydrogens is 456 g/mol. The molecule has 1 saturated heterocycles. The fourth-order valence-corrected chi connectivity index (χ4v) is 5.87. The number of rotatable bonds is 6. The lowest BCUT2D eigenvalue weighted by molar-refractivity contribution is -0.126. The van der Waals surface area contributed by atoms with E-state index in [4.69, 9.17) is 9.47 Å². The van der Waals surface area contributed by atoms with E-state index in [-0.39, 0.29) is 16.7 Å². The quantitative estimate of drug-likeness (QED) is 0.556. The van der Waals surface area contributed by atoms with E-state index in [1.165, 1.54) is 10.4 Å². The van der Waals surface area contributed by atoms with Crippen LogP contribution in [0.4, 0.5) is 0 Å². The lowest BCUT2D eigenvalue weighted by atomic mass is 9.97. The minimum Gasteiger partial charge on any atom is -0.490 e. The summed E-state index contributed by atoms with van der Waals surface area (Å²) in [5.41, 5.74) is 1.89. The minimum atomic E-state index is -3.67. The Labute approximate surface area is 198 Å². The Kier molecular flexibility index (Phi) is 6.42. The normalized spacial score (nSPS) is 17.4. The van der Waals surface area contributed by atoms with Crippen LogP contribution in [0.25, 0.3) is 11.0 Å². The summed E-state index contributed by atoms with van der Waals surface area (Å²) in [6.07, 6.45) is 2.34. The molecule has 0 saturated carbocycles. The number of nitrogens with one attached hydrogen (secondary N) is 2. The van der Waals surface area contributed by atoms with Crippen LogP contribution in [0.15, 0.2) is 47.4 Å². The number of carbonyl (C=O) groups excluding carboxylic acids is 1. The Bertz CT molecular complexity index is 1250. The molecule has 10 heteroatoms. The van der Waals surface area contributed by atoms with E-state index in [0.717, 1.165) is 23.3 Å². The van der Waals surface area contributed by atoms with Crippen LogP contribution in [0.3, 0.4) is 0 Å². The van der Waals surface area contributed by atoms with Gasteiger partial charge in [-0.3, -0.25) is 4.79 Å². The number of hydrogen-bond donors (Lipinski definition) is 2. The maximum absolute atomic E-state index is 13.2. The fourth-order valence-electron chi connectivity index (χ4n) is 4.38. The first-order valence-electron chi connectivity index (χ1n) is 11.6. The first-order chi connectivity index (χ1) is 16.5. The van der Waals surface area contributed by atoms with Crippen LogP contribution >= 0.6 is 0 Å². The van der Waals surface area contributed by atoms with Gasteiger partial charge in [0.05, 0.1) is 29.1 Å². The molecule has 2 N–H and O–H groups in total. The molecule has 0 bridgehead atoms. The number of imidazole rings is 1. The average Bonchev–Trinajstić information content (AvgIpc) is 3.12. The number of aromatic amines is 1. The smallest absolute Gasteiger partial charge is 0.243 e. The van der Waals surface area contributed by atoms with Crippen LogP contribution in [0.1, 0.15) is 25.1 Å². The van der Waals surface area contributed by atoms with Crippen LogP contribution in [-0.4, -0.2) is 61.4 Å². The van der Waals surface area contributed by atoms with E-state index < -0.39 is 10.0 Å². The number of H-pyrrole nitrogens is 1. The number of ether oxygens (including phenoxy) is 2. The van der Waals surface area contributed by atoms with Gasteiger partial charge in [0.1, 0.15) is 5.82 Å². The van der Waals surface area contributed by atoms with Gasteiger partial charge in [0.25, 0.3) is 0 Å².